The average molecular weight is 288 g/mol. The fraction of sp³-hybridized carbons (Fsp3) is 0.357. The second-order valence-electron chi connectivity index (χ2n) is 4.90. The van der Waals surface area contributed by atoms with Crippen molar-refractivity contribution in [2.24, 2.45) is 0 Å². The number of nitro groups is 1. The van der Waals surface area contributed by atoms with Crippen LogP contribution in [0.1, 0.15) is 0 Å². The third-order valence-electron chi connectivity index (χ3n) is 3.48. The second-order valence-corrected chi connectivity index (χ2v) is 4.90. The minimum absolute atomic E-state index is 0.00886. The highest BCUT2D eigenvalue weighted by molar-refractivity contribution is 5.95. The standard InChI is InChI=1S/C14H16N4O3/c19-18(20)13-8-16-12-4-2-1-3-11(12)14(13)17-7-10-9-21-6-5-15-10/h1-4,8,10,15H,5-7,9H2,(H,16,17). The van der Waals surface area contributed by atoms with Crippen LogP contribution in [0.15, 0.2) is 30.5 Å². The largest absolute Gasteiger partial charge is 0.378 e. The number of aromatic nitrogens is 1. The van der Waals surface area contributed by atoms with E-state index in [2.05, 4.69) is 15.6 Å². The Bertz CT molecular complexity index is 656. The fourth-order valence-electron chi connectivity index (χ4n) is 2.43. The molecule has 7 heteroatoms. The number of nitrogens with zero attached hydrogens (tertiary/aromatic N) is 2. The lowest BCUT2D eigenvalue weighted by molar-refractivity contribution is -0.384. The molecular formula is C14H16N4O3. The minimum Gasteiger partial charge on any atom is -0.378 e. The summed E-state index contributed by atoms with van der Waals surface area (Å²) >= 11 is 0. The Morgan fingerprint density at radius 1 is 1.48 bits per heavy atom. The Hall–Kier alpha value is -2.25. The molecule has 2 heterocycles. The first-order valence-corrected chi connectivity index (χ1v) is 6.83. The number of nitrogens with one attached hydrogen (secondary N) is 2. The Morgan fingerprint density at radius 3 is 3.10 bits per heavy atom. The molecule has 1 aromatic heterocycles. The van der Waals surface area contributed by atoms with Gasteiger partial charge in [0.15, 0.2) is 0 Å². The van der Waals surface area contributed by atoms with E-state index in [9.17, 15) is 10.1 Å². The number of morpholine rings is 1. The van der Waals surface area contributed by atoms with Crippen molar-refractivity contribution in [1.82, 2.24) is 10.3 Å². The number of pyridine rings is 1. The second kappa shape index (κ2) is 6.02. The molecule has 3 rings (SSSR count). The fourth-order valence-corrected chi connectivity index (χ4v) is 2.43. The lowest BCUT2D eigenvalue weighted by atomic mass is 10.1. The Balaban J connectivity index is 1.90. The average Bonchev–Trinajstić information content (AvgIpc) is 2.53. The maximum absolute atomic E-state index is 11.2. The van der Waals surface area contributed by atoms with Crippen molar-refractivity contribution in [3.05, 3.63) is 40.6 Å². The van der Waals surface area contributed by atoms with Crippen molar-refractivity contribution in [3.8, 4) is 0 Å². The molecule has 110 valence electrons. The molecule has 1 atom stereocenters. The monoisotopic (exact) mass is 288 g/mol. The molecular weight excluding hydrogens is 272 g/mol. The molecule has 1 fully saturated rings. The van der Waals surface area contributed by atoms with E-state index in [1.165, 1.54) is 6.20 Å². The molecule has 0 aliphatic carbocycles. The molecule has 1 aliphatic rings. The van der Waals surface area contributed by atoms with Crippen LogP contribution < -0.4 is 10.6 Å². The van der Waals surface area contributed by atoms with Crippen molar-refractivity contribution < 1.29 is 9.66 Å². The van der Waals surface area contributed by atoms with Gasteiger partial charge in [0.25, 0.3) is 0 Å². The van der Waals surface area contributed by atoms with Crippen LogP contribution in [0.2, 0.25) is 0 Å². The van der Waals surface area contributed by atoms with Gasteiger partial charge in [0.1, 0.15) is 11.9 Å². The summed E-state index contributed by atoms with van der Waals surface area (Å²) in [7, 11) is 0. The summed E-state index contributed by atoms with van der Waals surface area (Å²) < 4.78 is 5.39. The first-order valence-electron chi connectivity index (χ1n) is 6.83. The molecule has 0 radical (unpaired) electrons. The van der Waals surface area contributed by atoms with E-state index in [0.717, 1.165) is 17.4 Å². The zero-order valence-electron chi connectivity index (χ0n) is 11.4. The molecule has 0 spiro atoms. The van der Waals surface area contributed by atoms with Crippen molar-refractivity contribution >= 4 is 22.3 Å². The molecule has 7 nitrogen and oxygen atoms in total. The van der Waals surface area contributed by atoms with Crippen LogP contribution in [-0.4, -0.2) is 42.3 Å². The lowest BCUT2D eigenvalue weighted by Gasteiger charge is -2.24. The maximum atomic E-state index is 11.2. The van der Waals surface area contributed by atoms with Gasteiger partial charge in [-0.15, -0.1) is 0 Å². The number of rotatable bonds is 4. The third-order valence-corrected chi connectivity index (χ3v) is 3.48. The summed E-state index contributed by atoms with van der Waals surface area (Å²) in [5.41, 5.74) is 1.24. The Kier molecular flexibility index (Phi) is 3.94. The summed E-state index contributed by atoms with van der Waals surface area (Å²) in [6.07, 6.45) is 1.30. The Labute approximate surface area is 121 Å². The van der Waals surface area contributed by atoms with Crippen molar-refractivity contribution in [2.45, 2.75) is 6.04 Å². The molecule has 0 bridgehead atoms. The number of para-hydroxylation sites is 1. The number of hydrogen-bond donors (Lipinski definition) is 2. The molecule has 1 aromatic carbocycles. The molecule has 1 aliphatic heterocycles. The van der Waals surface area contributed by atoms with Gasteiger partial charge in [-0.25, -0.2) is 4.98 Å². The number of anilines is 1. The highest BCUT2D eigenvalue weighted by atomic mass is 16.6. The smallest absolute Gasteiger partial charge is 0.311 e. The van der Waals surface area contributed by atoms with E-state index >= 15 is 0 Å². The van der Waals surface area contributed by atoms with Crippen LogP contribution in [0.4, 0.5) is 11.4 Å². The first-order chi connectivity index (χ1) is 10.3. The molecule has 0 saturated carbocycles. The number of ether oxygens (including phenoxy) is 1. The topological polar surface area (TPSA) is 89.3 Å². The van der Waals surface area contributed by atoms with Crippen LogP contribution in [0.25, 0.3) is 10.9 Å². The quantitative estimate of drug-likeness (QED) is 0.655. The highest BCUT2D eigenvalue weighted by Gasteiger charge is 2.20. The molecule has 21 heavy (non-hydrogen) atoms. The molecule has 2 N–H and O–H groups in total. The molecule has 1 unspecified atom stereocenters. The summed E-state index contributed by atoms with van der Waals surface area (Å²) in [6, 6.07) is 7.53. The van der Waals surface area contributed by atoms with Gasteiger partial charge in [-0.1, -0.05) is 18.2 Å². The van der Waals surface area contributed by atoms with E-state index in [0.29, 0.717) is 25.4 Å². The molecule has 2 aromatic rings. The van der Waals surface area contributed by atoms with Crippen LogP contribution in [0.5, 0.6) is 0 Å². The van der Waals surface area contributed by atoms with E-state index < -0.39 is 4.92 Å². The van der Waals surface area contributed by atoms with Gasteiger partial charge in [-0.3, -0.25) is 10.1 Å². The van der Waals surface area contributed by atoms with Gasteiger partial charge in [-0.05, 0) is 6.07 Å². The van der Waals surface area contributed by atoms with Gasteiger partial charge < -0.3 is 15.4 Å². The predicted octanol–water partition coefficient (Wildman–Crippen LogP) is 1.54. The van der Waals surface area contributed by atoms with E-state index in [4.69, 9.17) is 4.74 Å². The summed E-state index contributed by atoms with van der Waals surface area (Å²) in [4.78, 5) is 14.9. The molecule has 1 saturated heterocycles. The number of benzene rings is 1. The number of hydrogen-bond acceptors (Lipinski definition) is 6. The van der Waals surface area contributed by atoms with Gasteiger partial charge in [0.05, 0.1) is 23.7 Å². The van der Waals surface area contributed by atoms with Gasteiger partial charge in [0.2, 0.25) is 0 Å². The van der Waals surface area contributed by atoms with Crippen molar-refractivity contribution in [3.63, 3.8) is 0 Å². The Morgan fingerprint density at radius 2 is 2.33 bits per heavy atom. The SMILES string of the molecule is O=[N+]([O-])c1cnc2ccccc2c1NCC1COCCN1. The third kappa shape index (κ3) is 2.93. The van der Waals surface area contributed by atoms with Crippen molar-refractivity contribution in [1.29, 1.82) is 0 Å². The van der Waals surface area contributed by atoms with Crippen molar-refractivity contribution in [2.75, 3.05) is 31.6 Å². The summed E-state index contributed by atoms with van der Waals surface area (Å²) in [5, 5.41) is 18.5. The van der Waals surface area contributed by atoms with E-state index in [1.54, 1.807) is 0 Å². The van der Waals surface area contributed by atoms with Gasteiger partial charge in [-0.2, -0.15) is 0 Å². The number of fused-ring (bicyclic) bond motifs is 1. The van der Waals surface area contributed by atoms with Crippen LogP contribution in [0.3, 0.4) is 0 Å². The summed E-state index contributed by atoms with van der Waals surface area (Å²) in [5.74, 6) is 0. The normalized spacial score (nSPS) is 18.6. The van der Waals surface area contributed by atoms with Crippen LogP contribution in [-0.2, 0) is 4.74 Å². The van der Waals surface area contributed by atoms with E-state index in [1.807, 2.05) is 24.3 Å². The minimum atomic E-state index is -0.410. The van der Waals surface area contributed by atoms with Gasteiger partial charge >= 0.3 is 5.69 Å². The first kappa shape index (κ1) is 13.7. The van der Waals surface area contributed by atoms with Crippen LogP contribution in [0, 0.1) is 10.1 Å². The lowest BCUT2D eigenvalue weighted by Crippen LogP contribution is -2.45. The van der Waals surface area contributed by atoms with Gasteiger partial charge in [0, 0.05) is 24.5 Å². The van der Waals surface area contributed by atoms with Crippen LogP contribution >= 0.6 is 0 Å². The summed E-state index contributed by atoms with van der Waals surface area (Å²) in [6.45, 7) is 2.67. The molecule has 0 amide bonds. The van der Waals surface area contributed by atoms with E-state index in [-0.39, 0.29) is 11.7 Å². The highest BCUT2D eigenvalue weighted by Crippen LogP contribution is 2.31. The zero-order valence-corrected chi connectivity index (χ0v) is 11.4. The predicted molar refractivity (Wildman–Crippen MR) is 79.5 cm³/mol. The maximum Gasteiger partial charge on any atom is 0.311 e. The zero-order chi connectivity index (χ0) is 14.7.